The van der Waals surface area contributed by atoms with Crippen LogP contribution in [0.25, 0.3) is 0 Å². The number of nitrogen functional groups attached to an aromatic ring is 1. The molecule has 0 atom stereocenters. The van der Waals surface area contributed by atoms with Crippen molar-refractivity contribution in [2.24, 2.45) is 0 Å². The number of aryl methyl sites for hydroxylation is 2. The van der Waals surface area contributed by atoms with Gasteiger partial charge < -0.3 is 15.8 Å². The van der Waals surface area contributed by atoms with Crippen LogP contribution in [-0.4, -0.2) is 19.9 Å². The molecular weight excluding hydrogens is 360 g/mol. The Hall–Kier alpha value is -3.75. The largest absolute Gasteiger partial charge is 0.479 e. The predicted octanol–water partition coefficient (Wildman–Crippen LogP) is 3.56. The van der Waals surface area contributed by atoms with Crippen molar-refractivity contribution in [2.75, 3.05) is 11.1 Å². The summed E-state index contributed by atoms with van der Waals surface area (Å²) in [5.41, 5.74) is 8.42. The van der Waals surface area contributed by atoms with E-state index in [2.05, 4.69) is 27.2 Å². The fourth-order valence-electron chi connectivity index (χ4n) is 2.66. The first kappa shape index (κ1) is 19.0. The van der Waals surface area contributed by atoms with Gasteiger partial charge in [0, 0.05) is 11.8 Å². The maximum absolute atomic E-state index is 11.2. The minimum absolute atomic E-state index is 0.0310. The molecule has 0 saturated heterocycles. The molecule has 0 fully saturated rings. The highest BCUT2D eigenvalue weighted by atomic mass is 16.6. The van der Waals surface area contributed by atoms with E-state index >= 15 is 0 Å². The number of ether oxygens (including phenoxy) is 1. The van der Waals surface area contributed by atoms with Crippen molar-refractivity contribution < 1.29 is 9.66 Å². The van der Waals surface area contributed by atoms with E-state index in [0.29, 0.717) is 0 Å². The standard InChI is InChI=1S/C19H20N6O3/c1-3-13-6-4-5-7-14(13)21-19-23-17(22-18(20)24-19)11-28-16-9-8-12(2)10-15(16)25(26)27/h4-10H,3,11H2,1-2H3,(H3,20,21,22,23,24). The van der Waals surface area contributed by atoms with Crippen LogP contribution in [0.2, 0.25) is 0 Å². The van der Waals surface area contributed by atoms with Crippen molar-refractivity contribution >= 4 is 23.3 Å². The zero-order chi connectivity index (χ0) is 20.1. The third-order valence-corrected chi connectivity index (χ3v) is 4.01. The molecule has 9 nitrogen and oxygen atoms in total. The van der Waals surface area contributed by atoms with E-state index in [1.165, 1.54) is 6.07 Å². The number of anilines is 3. The van der Waals surface area contributed by atoms with E-state index in [9.17, 15) is 10.1 Å². The van der Waals surface area contributed by atoms with Gasteiger partial charge in [-0.1, -0.05) is 31.2 Å². The van der Waals surface area contributed by atoms with E-state index < -0.39 is 4.92 Å². The van der Waals surface area contributed by atoms with Gasteiger partial charge in [-0.05, 0) is 36.6 Å². The van der Waals surface area contributed by atoms with Crippen LogP contribution in [0.1, 0.15) is 23.9 Å². The Morgan fingerprint density at radius 2 is 1.96 bits per heavy atom. The van der Waals surface area contributed by atoms with E-state index in [-0.39, 0.29) is 35.8 Å². The Bertz CT molecular complexity index is 1010. The van der Waals surface area contributed by atoms with Gasteiger partial charge in [-0.3, -0.25) is 10.1 Å². The summed E-state index contributed by atoms with van der Waals surface area (Å²) in [5, 5.41) is 14.3. The van der Waals surface area contributed by atoms with Crippen molar-refractivity contribution in [2.45, 2.75) is 26.9 Å². The second kappa shape index (κ2) is 8.30. The smallest absolute Gasteiger partial charge is 0.311 e. The van der Waals surface area contributed by atoms with E-state index in [1.807, 2.05) is 24.3 Å². The van der Waals surface area contributed by atoms with Crippen LogP contribution in [0, 0.1) is 17.0 Å². The Kier molecular flexibility index (Phi) is 5.64. The minimum atomic E-state index is -0.487. The van der Waals surface area contributed by atoms with E-state index in [0.717, 1.165) is 23.2 Å². The number of nitrogens with two attached hydrogens (primary N) is 1. The molecule has 2 aromatic carbocycles. The molecule has 3 rings (SSSR count). The average molecular weight is 380 g/mol. The van der Waals surface area contributed by atoms with Crippen LogP contribution >= 0.6 is 0 Å². The van der Waals surface area contributed by atoms with Crippen LogP contribution < -0.4 is 15.8 Å². The summed E-state index contributed by atoms with van der Waals surface area (Å²) in [7, 11) is 0. The third-order valence-electron chi connectivity index (χ3n) is 4.01. The molecule has 1 aromatic heterocycles. The van der Waals surface area contributed by atoms with Gasteiger partial charge in [-0.2, -0.15) is 15.0 Å². The molecule has 28 heavy (non-hydrogen) atoms. The molecule has 0 aliphatic heterocycles. The molecule has 0 spiro atoms. The second-order valence-corrected chi connectivity index (χ2v) is 6.09. The van der Waals surface area contributed by atoms with Crippen LogP contribution in [-0.2, 0) is 13.0 Å². The monoisotopic (exact) mass is 380 g/mol. The van der Waals surface area contributed by atoms with Crippen molar-refractivity contribution in [1.82, 2.24) is 15.0 Å². The molecule has 0 saturated carbocycles. The number of nitro groups is 1. The molecule has 0 aliphatic carbocycles. The van der Waals surface area contributed by atoms with E-state index in [1.54, 1.807) is 19.1 Å². The van der Waals surface area contributed by atoms with Gasteiger partial charge in [0.2, 0.25) is 11.9 Å². The Morgan fingerprint density at radius 3 is 2.71 bits per heavy atom. The SMILES string of the molecule is CCc1ccccc1Nc1nc(N)nc(COc2ccc(C)cc2[N+](=O)[O-])n1. The summed E-state index contributed by atoms with van der Waals surface area (Å²) >= 11 is 0. The lowest BCUT2D eigenvalue weighted by Crippen LogP contribution is -2.10. The second-order valence-electron chi connectivity index (χ2n) is 6.09. The molecule has 0 aliphatic rings. The van der Waals surface area contributed by atoms with Crippen molar-refractivity contribution in [3.8, 4) is 5.75 Å². The summed E-state index contributed by atoms with van der Waals surface area (Å²) < 4.78 is 5.57. The highest BCUT2D eigenvalue weighted by Gasteiger charge is 2.16. The molecule has 0 bridgehead atoms. The first-order chi connectivity index (χ1) is 13.5. The summed E-state index contributed by atoms with van der Waals surface area (Å²) in [6.07, 6.45) is 0.844. The quantitative estimate of drug-likeness (QED) is 0.470. The van der Waals surface area contributed by atoms with Gasteiger partial charge in [0.1, 0.15) is 6.61 Å². The van der Waals surface area contributed by atoms with Crippen molar-refractivity contribution in [1.29, 1.82) is 0 Å². The Balaban J connectivity index is 1.80. The molecule has 1 heterocycles. The lowest BCUT2D eigenvalue weighted by Gasteiger charge is -2.11. The summed E-state index contributed by atoms with van der Waals surface area (Å²) in [5.74, 6) is 0.716. The molecule has 9 heteroatoms. The number of rotatable bonds is 7. The maximum atomic E-state index is 11.2. The first-order valence-corrected chi connectivity index (χ1v) is 8.69. The number of nitrogens with one attached hydrogen (secondary N) is 1. The molecular formula is C19H20N6O3. The number of benzene rings is 2. The van der Waals surface area contributed by atoms with E-state index in [4.69, 9.17) is 10.5 Å². The van der Waals surface area contributed by atoms with Gasteiger partial charge >= 0.3 is 5.69 Å². The topological polar surface area (TPSA) is 129 Å². The summed E-state index contributed by atoms with van der Waals surface area (Å²) in [6, 6.07) is 12.5. The molecule has 144 valence electrons. The highest BCUT2D eigenvalue weighted by Crippen LogP contribution is 2.28. The lowest BCUT2D eigenvalue weighted by atomic mass is 10.1. The number of hydrogen-bond donors (Lipinski definition) is 2. The third kappa shape index (κ3) is 4.50. The number of hydrogen-bond acceptors (Lipinski definition) is 8. The predicted molar refractivity (Wildman–Crippen MR) is 106 cm³/mol. The van der Waals surface area contributed by atoms with Gasteiger partial charge in [-0.25, -0.2) is 0 Å². The fourth-order valence-corrected chi connectivity index (χ4v) is 2.66. The summed E-state index contributed by atoms with van der Waals surface area (Å²) in [6.45, 7) is 3.74. The van der Waals surface area contributed by atoms with Crippen LogP contribution in [0.3, 0.4) is 0 Å². The number of nitro benzene ring substituents is 1. The lowest BCUT2D eigenvalue weighted by molar-refractivity contribution is -0.386. The zero-order valence-electron chi connectivity index (χ0n) is 15.5. The van der Waals surface area contributed by atoms with Crippen molar-refractivity contribution in [3.63, 3.8) is 0 Å². The van der Waals surface area contributed by atoms with Gasteiger partial charge in [-0.15, -0.1) is 0 Å². The van der Waals surface area contributed by atoms with Gasteiger partial charge in [0.05, 0.1) is 4.92 Å². The fraction of sp³-hybridized carbons (Fsp3) is 0.211. The number of nitrogens with zero attached hydrogens (tertiary/aromatic N) is 4. The Morgan fingerprint density at radius 1 is 1.18 bits per heavy atom. The molecule has 0 radical (unpaired) electrons. The first-order valence-electron chi connectivity index (χ1n) is 8.69. The minimum Gasteiger partial charge on any atom is -0.479 e. The molecule has 0 unspecified atom stereocenters. The molecule has 3 N–H and O–H groups in total. The van der Waals surface area contributed by atoms with Gasteiger partial charge in [0.25, 0.3) is 0 Å². The summed E-state index contributed by atoms with van der Waals surface area (Å²) in [4.78, 5) is 23.2. The van der Waals surface area contributed by atoms with Crippen LogP contribution in [0.15, 0.2) is 42.5 Å². The van der Waals surface area contributed by atoms with Gasteiger partial charge in [0.15, 0.2) is 11.6 Å². The number of para-hydroxylation sites is 1. The Labute approximate surface area is 161 Å². The van der Waals surface area contributed by atoms with Crippen LogP contribution in [0.4, 0.5) is 23.3 Å². The normalized spacial score (nSPS) is 10.5. The van der Waals surface area contributed by atoms with Crippen molar-refractivity contribution in [3.05, 3.63) is 69.5 Å². The maximum Gasteiger partial charge on any atom is 0.311 e. The van der Waals surface area contributed by atoms with Crippen LogP contribution in [0.5, 0.6) is 5.75 Å². The molecule has 3 aromatic rings. The molecule has 0 amide bonds. The highest BCUT2D eigenvalue weighted by molar-refractivity contribution is 5.58. The number of aromatic nitrogens is 3. The zero-order valence-corrected chi connectivity index (χ0v) is 15.5. The average Bonchev–Trinajstić information content (AvgIpc) is 2.67.